The number of aromatic nitrogens is 1. The highest BCUT2D eigenvalue weighted by Crippen LogP contribution is 2.37. The number of halogens is 2. The minimum Gasteiger partial charge on any atom is -0.342 e. The van der Waals surface area contributed by atoms with Crippen LogP contribution in [0.5, 0.6) is 0 Å². The normalized spacial score (nSPS) is 27.9. The van der Waals surface area contributed by atoms with Gasteiger partial charge < -0.3 is 10.6 Å². The number of hydrogen-bond acceptors (Lipinski definition) is 5. The lowest BCUT2D eigenvalue weighted by Crippen LogP contribution is -2.34. The van der Waals surface area contributed by atoms with Crippen LogP contribution >= 0.6 is 36.2 Å². The van der Waals surface area contributed by atoms with E-state index in [2.05, 4.69) is 4.98 Å². The van der Waals surface area contributed by atoms with Gasteiger partial charge in [-0.2, -0.15) is 0 Å². The molecule has 0 aromatic carbocycles. The highest BCUT2D eigenvalue weighted by atomic mass is 35.5. The van der Waals surface area contributed by atoms with Gasteiger partial charge in [0.1, 0.15) is 0 Å². The SMILES string of the molecule is Cl.Cl.NC1CCC2CN(C(=O)Cc3csc(N4CCCC4=O)n3)CC12. The summed E-state index contributed by atoms with van der Waals surface area (Å²) in [5.74, 6) is 1.34. The van der Waals surface area contributed by atoms with Gasteiger partial charge in [-0.1, -0.05) is 0 Å². The largest absolute Gasteiger partial charge is 0.342 e. The summed E-state index contributed by atoms with van der Waals surface area (Å²) in [5.41, 5.74) is 6.91. The Hall–Kier alpha value is -0.890. The standard InChI is InChI=1S/C16H22N4O2S.2ClH/c17-13-4-3-10-7-19(8-12(10)13)15(22)6-11-9-23-16(18-11)20-5-1-2-14(20)21;;/h9-10,12-13H,1-8,17H2;2*1H. The second-order valence-electron chi connectivity index (χ2n) is 6.91. The van der Waals surface area contributed by atoms with Crippen molar-refractivity contribution >= 4 is 53.1 Å². The average molecular weight is 407 g/mol. The Morgan fingerprint density at radius 3 is 2.80 bits per heavy atom. The van der Waals surface area contributed by atoms with Crippen LogP contribution < -0.4 is 10.6 Å². The molecule has 0 spiro atoms. The molecule has 140 valence electrons. The zero-order valence-corrected chi connectivity index (χ0v) is 16.4. The number of hydrogen-bond donors (Lipinski definition) is 1. The van der Waals surface area contributed by atoms with E-state index in [0.29, 0.717) is 24.7 Å². The number of nitrogens with zero attached hydrogens (tertiary/aromatic N) is 3. The van der Waals surface area contributed by atoms with Crippen LogP contribution in [0, 0.1) is 11.8 Å². The Kier molecular flexibility index (Phi) is 6.70. The predicted molar refractivity (Wildman–Crippen MR) is 103 cm³/mol. The van der Waals surface area contributed by atoms with Gasteiger partial charge in [0.25, 0.3) is 0 Å². The van der Waals surface area contributed by atoms with Gasteiger partial charge in [-0.15, -0.1) is 36.2 Å². The molecule has 9 heteroatoms. The zero-order valence-electron chi connectivity index (χ0n) is 13.9. The second-order valence-corrected chi connectivity index (χ2v) is 7.75. The fourth-order valence-electron chi connectivity index (χ4n) is 4.13. The molecule has 2 aliphatic heterocycles. The van der Waals surface area contributed by atoms with E-state index in [9.17, 15) is 9.59 Å². The van der Waals surface area contributed by atoms with E-state index in [0.717, 1.165) is 49.7 Å². The number of carbonyl (C=O) groups excluding carboxylic acids is 2. The highest BCUT2D eigenvalue weighted by molar-refractivity contribution is 7.14. The highest BCUT2D eigenvalue weighted by Gasteiger charge is 2.42. The van der Waals surface area contributed by atoms with Crippen molar-refractivity contribution in [1.29, 1.82) is 0 Å². The molecule has 6 nitrogen and oxygen atoms in total. The van der Waals surface area contributed by atoms with Gasteiger partial charge in [0, 0.05) is 37.5 Å². The van der Waals surface area contributed by atoms with Crippen LogP contribution in [0.4, 0.5) is 5.13 Å². The number of likely N-dealkylation sites (tertiary alicyclic amines) is 1. The predicted octanol–water partition coefficient (Wildman–Crippen LogP) is 1.85. The number of fused-ring (bicyclic) bond motifs is 1. The van der Waals surface area contributed by atoms with E-state index in [1.54, 1.807) is 4.90 Å². The van der Waals surface area contributed by atoms with Crippen molar-refractivity contribution in [2.75, 3.05) is 24.5 Å². The Balaban J connectivity index is 0.00000113. The monoisotopic (exact) mass is 406 g/mol. The van der Waals surface area contributed by atoms with E-state index >= 15 is 0 Å². The third kappa shape index (κ3) is 3.94. The van der Waals surface area contributed by atoms with E-state index in [-0.39, 0.29) is 42.7 Å². The first-order valence-electron chi connectivity index (χ1n) is 8.40. The molecule has 1 aromatic rings. The zero-order chi connectivity index (χ0) is 16.0. The van der Waals surface area contributed by atoms with Crippen LogP contribution in [0.3, 0.4) is 0 Å². The van der Waals surface area contributed by atoms with Gasteiger partial charge in [-0.3, -0.25) is 14.5 Å². The van der Waals surface area contributed by atoms with Crippen molar-refractivity contribution in [1.82, 2.24) is 9.88 Å². The number of rotatable bonds is 3. The lowest BCUT2D eigenvalue weighted by atomic mass is 9.98. The minimum absolute atomic E-state index is 0. The maximum Gasteiger partial charge on any atom is 0.228 e. The number of amides is 2. The fourth-order valence-corrected chi connectivity index (χ4v) is 5.00. The summed E-state index contributed by atoms with van der Waals surface area (Å²) in [6.07, 6.45) is 4.06. The molecule has 1 aromatic heterocycles. The van der Waals surface area contributed by atoms with Gasteiger partial charge >= 0.3 is 0 Å². The van der Waals surface area contributed by atoms with Crippen LogP contribution in [-0.2, 0) is 16.0 Å². The summed E-state index contributed by atoms with van der Waals surface area (Å²) >= 11 is 1.46. The maximum atomic E-state index is 12.5. The molecule has 1 saturated carbocycles. The number of anilines is 1. The van der Waals surface area contributed by atoms with Crippen LogP contribution in [0.1, 0.15) is 31.4 Å². The van der Waals surface area contributed by atoms with Crippen LogP contribution in [0.25, 0.3) is 0 Å². The number of nitrogens with two attached hydrogens (primary N) is 1. The summed E-state index contributed by atoms with van der Waals surface area (Å²) < 4.78 is 0. The van der Waals surface area contributed by atoms with Crippen molar-refractivity contribution in [3.63, 3.8) is 0 Å². The molecule has 0 bridgehead atoms. The van der Waals surface area contributed by atoms with Crippen LogP contribution in [0.15, 0.2) is 5.38 Å². The van der Waals surface area contributed by atoms with Crippen molar-refractivity contribution in [2.24, 2.45) is 17.6 Å². The smallest absolute Gasteiger partial charge is 0.228 e. The lowest BCUT2D eigenvalue weighted by Gasteiger charge is -2.18. The maximum absolute atomic E-state index is 12.5. The molecule has 3 aliphatic rings. The molecule has 2 N–H and O–H groups in total. The van der Waals surface area contributed by atoms with Crippen molar-refractivity contribution in [3.05, 3.63) is 11.1 Å². The Bertz CT molecular complexity index is 641. The van der Waals surface area contributed by atoms with E-state index in [4.69, 9.17) is 5.73 Å². The fraction of sp³-hybridized carbons (Fsp3) is 0.688. The minimum atomic E-state index is 0. The molecule has 3 heterocycles. The molecule has 25 heavy (non-hydrogen) atoms. The summed E-state index contributed by atoms with van der Waals surface area (Å²) in [6.45, 7) is 2.39. The molecule has 0 radical (unpaired) electrons. The third-order valence-corrected chi connectivity index (χ3v) is 6.35. The molecular weight excluding hydrogens is 383 g/mol. The molecule has 1 aliphatic carbocycles. The summed E-state index contributed by atoms with van der Waals surface area (Å²) in [7, 11) is 0. The number of thiazole rings is 1. The van der Waals surface area contributed by atoms with E-state index in [1.165, 1.54) is 11.3 Å². The topological polar surface area (TPSA) is 79.5 Å². The van der Waals surface area contributed by atoms with Gasteiger partial charge in [-0.05, 0) is 31.1 Å². The first kappa shape index (κ1) is 20.4. The van der Waals surface area contributed by atoms with Crippen LogP contribution in [-0.4, -0.2) is 47.4 Å². The Morgan fingerprint density at radius 2 is 2.12 bits per heavy atom. The molecule has 2 amide bonds. The summed E-state index contributed by atoms with van der Waals surface area (Å²) in [6, 6.07) is 0.254. The Labute approximate surface area is 164 Å². The van der Waals surface area contributed by atoms with Gasteiger partial charge in [-0.25, -0.2) is 4.98 Å². The van der Waals surface area contributed by atoms with E-state index in [1.807, 2.05) is 10.3 Å². The van der Waals surface area contributed by atoms with Crippen molar-refractivity contribution in [2.45, 2.75) is 38.1 Å². The molecule has 4 rings (SSSR count). The summed E-state index contributed by atoms with van der Waals surface area (Å²) in [5, 5.41) is 2.64. The average Bonchev–Trinajstić information content (AvgIpc) is 3.25. The molecule has 2 saturated heterocycles. The molecular formula is C16H24Cl2N4O2S. The summed E-state index contributed by atoms with van der Waals surface area (Å²) in [4.78, 5) is 32.5. The number of carbonyl (C=O) groups is 2. The quantitative estimate of drug-likeness (QED) is 0.830. The molecule has 3 unspecified atom stereocenters. The molecule has 3 fully saturated rings. The first-order chi connectivity index (χ1) is 11.1. The van der Waals surface area contributed by atoms with Gasteiger partial charge in [0.2, 0.25) is 11.8 Å². The lowest BCUT2D eigenvalue weighted by molar-refractivity contribution is -0.129. The van der Waals surface area contributed by atoms with E-state index < -0.39 is 0 Å². The third-order valence-electron chi connectivity index (χ3n) is 5.44. The van der Waals surface area contributed by atoms with Crippen LogP contribution in [0.2, 0.25) is 0 Å². The molecule has 3 atom stereocenters. The Morgan fingerprint density at radius 1 is 1.32 bits per heavy atom. The van der Waals surface area contributed by atoms with Gasteiger partial charge in [0.15, 0.2) is 5.13 Å². The second kappa shape index (κ2) is 8.20. The van der Waals surface area contributed by atoms with Crippen molar-refractivity contribution < 1.29 is 9.59 Å². The first-order valence-corrected chi connectivity index (χ1v) is 9.28. The van der Waals surface area contributed by atoms with Gasteiger partial charge in [0.05, 0.1) is 12.1 Å². The van der Waals surface area contributed by atoms with Crippen molar-refractivity contribution in [3.8, 4) is 0 Å².